The molecule has 0 saturated carbocycles. The van der Waals surface area contributed by atoms with Crippen LogP contribution in [0.1, 0.15) is 34.0 Å². The molecule has 1 aliphatic rings. The van der Waals surface area contributed by atoms with Gasteiger partial charge >= 0.3 is 0 Å². The van der Waals surface area contributed by atoms with Gasteiger partial charge in [0.05, 0.1) is 23.3 Å². The van der Waals surface area contributed by atoms with E-state index >= 15 is 0 Å². The number of nitro groups is 1. The van der Waals surface area contributed by atoms with Crippen LogP contribution in [0.5, 0.6) is 5.75 Å². The molecule has 0 amide bonds. The fourth-order valence-corrected chi connectivity index (χ4v) is 6.00. The number of ketones is 1. The molecule has 5 aromatic rings. The first-order valence-electron chi connectivity index (χ1n) is 12.6. The third-order valence-corrected chi connectivity index (χ3v) is 8.04. The van der Waals surface area contributed by atoms with E-state index in [-0.39, 0.29) is 22.9 Å². The summed E-state index contributed by atoms with van der Waals surface area (Å²) in [6, 6.07) is 24.9. The quantitative estimate of drug-likeness (QED) is 0.178. The minimum Gasteiger partial charge on any atom is -0.497 e. The van der Waals surface area contributed by atoms with Crippen LogP contribution in [-0.2, 0) is 6.42 Å². The van der Waals surface area contributed by atoms with E-state index in [0.29, 0.717) is 51.6 Å². The van der Waals surface area contributed by atoms with E-state index in [4.69, 9.17) is 4.74 Å². The van der Waals surface area contributed by atoms with Gasteiger partial charge in [0.25, 0.3) is 11.2 Å². The zero-order valence-electron chi connectivity index (χ0n) is 21.4. The van der Waals surface area contributed by atoms with Crippen molar-refractivity contribution >= 4 is 22.8 Å². The highest BCUT2D eigenvalue weighted by Gasteiger charge is 2.31. The topological polar surface area (TPSA) is 104 Å². The highest BCUT2D eigenvalue weighted by molar-refractivity contribution is 7.13. The van der Waals surface area contributed by atoms with Crippen molar-refractivity contribution in [3.8, 4) is 33.3 Å². The van der Waals surface area contributed by atoms with Crippen molar-refractivity contribution in [1.82, 2.24) is 9.55 Å². The Labute approximate surface area is 233 Å². The molecule has 2 heterocycles. The molecule has 0 saturated heterocycles. The van der Waals surface area contributed by atoms with Crippen molar-refractivity contribution in [3.05, 3.63) is 128 Å². The van der Waals surface area contributed by atoms with Crippen LogP contribution < -0.4 is 10.3 Å². The monoisotopic (exact) mass is 549 g/mol. The molecule has 0 spiro atoms. The lowest BCUT2D eigenvalue weighted by molar-refractivity contribution is -0.384. The molecular weight excluding hydrogens is 526 g/mol. The number of rotatable bonds is 6. The number of hydrogen-bond donors (Lipinski definition) is 0. The zero-order chi connectivity index (χ0) is 27.8. The van der Waals surface area contributed by atoms with Crippen LogP contribution in [-0.4, -0.2) is 27.4 Å². The lowest BCUT2D eigenvalue weighted by Crippen LogP contribution is -2.31. The number of aromatic nitrogens is 2. The van der Waals surface area contributed by atoms with Crippen molar-refractivity contribution in [2.75, 3.05) is 7.11 Å². The van der Waals surface area contributed by atoms with Crippen molar-refractivity contribution in [3.63, 3.8) is 0 Å². The van der Waals surface area contributed by atoms with E-state index in [0.717, 1.165) is 11.3 Å². The van der Waals surface area contributed by atoms with Crippen LogP contribution in [0.3, 0.4) is 0 Å². The van der Waals surface area contributed by atoms with E-state index in [2.05, 4.69) is 4.98 Å². The molecular formula is C31H23N3O5S. The van der Waals surface area contributed by atoms with Crippen molar-refractivity contribution in [2.24, 2.45) is 0 Å². The smallest absolute Gasteiger partial charge is 0.270 e. The number of ether oxygens (including phenoxy) is 1. The summed E-state index contributed by atoms with van der Waals surface area (Å²) in [5.74, 6) is 0.625. The van der Waals surface area contributed by atoms with Crippen LogP contribution in [0, 0.1) is 10.1 Å². The normalized spacial score (nSPS) is 14.5. The van der Waals surface area contributed by atoms with E-state index < -0.39 is 4.92 Å². The predicted molar refractivity (Wildman–Crippen MR) is 154 cm³/mol. The standard InChI is InChI=1S/C31H23N3O5S/c1-39-24-12-10-19(11-13-24)21-15-28-25(29(35)16-21)17-26(31(36)33(28)22-7-3-2-4-8-22)30-32-27(18-40-30)20-6-5-9-23(14-20)34(37)38/h2-14,17-18,21H,15-16H2,1H3/t21-/m1/s1. The van der Waals surface area contributed by atoms with Gasteiger partial charge in [-0.25, -0.2) is 4.98 Å². The van der Waals surface area contributed by atoms with Crippen molar-refractivity contribution in [1.29, 1.82) is 0 Å². The second-order valence-corrected chi connectivity index (χ2v) is 10.4. The molecule has 0 radical (unpaired) electrons. The van der Waals surface area contributed by atoms with Crippen molar-refractivity contribution in [2.45, 2.75) is 18.8 Å². The number of para-hydroxylation sites is 1. The number of Topliss-reactive ketones (excluding diaryl/α,β-unsaturated/α-hetero) is 1. The second kappa shape index (κ2) is 10.3. The average molecular weight is 550 g/mol. The van der Waals surface area contributed by atoms with E-state index in [1.807, 2.05) is 54.6 Å². The fourth-order valence-electron chi connectivity index (χ4n) is 5.16. The van der Waals surface area contributed by atoms with Gasteiger partial charge in [0.15, 0.2) is 5.78 Å². The Morgan fingerprint density at radius 3 is 2.45 bits per heavy atom. The number of hydrogen-bond acceptors (Lipinski definition) is 7. The van der Waals surface area contributed by atoms with E-state index in [1.54, 1.807) is 35.3 Å². The lowest BCUT2D eigenvalue weighted by atomic mass is 9.81. The van der Waals surface area contributed by atoms with Gasteiger partial charge in [-0.3, -0.25) is 24.3 Å². The van der Waals surface area contributed by atoms with Gasteiger partial charge in [-0.2, -0.15) is 0 Å². The molecule has 6 rings (SSSR count). The van der Waals surface area contributed by atoms with Gasteiger partial charge < -0.3 is 4.74 Å². The van der Waals surface area contributed by atoms with Crippen LogP contribution in [0.15, 0.2) is 95.1 Å². The Morgan fingerprint density at radius 2 is 1.73 bits per heavy atom. The van der Waals surface area contributed by atoms with Crippen LogP contribution in [0.2, 0.25) is 0 Å². The number of thiazole rings is 1. The summed E-state index contributed by atoms with van der Waals surface area (Å²) in [7, 11) is 1.61. The van der Waals surface area contributed by atoms with Crippen LogP contribution >= 0.6 is 11.3 Å². The Balaban J connectivity index is 1.47. The SMILES string of the molecule is COc1ccc([C@H]2CC(=O)c3cc(-c4nc(-c5cccc([N+](=O)[O-])c5)cs4)c(=O)n(-c4ccccc4)c3C2)cc1. The number of carbonyl (C=O) groups is 1. The lowest BCUT2D eigenvalue weighted by Gasteiger charge is -2.27. The first-order chi connectivity index (χ1) is 19.4. The number of fused-ring (bicyclic) bond motifs is 1. The maximum Gasteiger partial charge on any atom is 0.270 e. The van der Waals surface area contributed by atoms with Gasteiger partial charge in [-0.05, 0) is 48.2 Å². The molecule has 198 valence electrons. The Hall–Kier alpha value is -4.89. The largest absolute Gasteiger partial charge is 0.497 e. The first-order valence-corrected chi connectivity index (χ1v) is 13.5. The maximum atomic E-state index is 14.1. The van der Waals surface area contributed by atoms with Gasteiger partial charge in [0.1, 0.15) is 10.8 Å². The molecule has 8 nitrogen and oxygen atoms in total. The summed E-state index contributed by atoms with van der Waals surface area (Å²) in [6.45, 7) is 0. The summed E-state index contributed by atoms with van der Waals surface area (Å²) < 4.78 is 6.91. The Morgan fingerprint density at radius 1 is 0.950 bits per heavy atom. The predicted octanol–water partition coefficient (Wildman–Crippen LogP) is 6.46. The van der Waals surface area contributed by atoms with Gasteiger partial charge in [0.2, 0.25) is 0 Å². The van der Waals surface area contributed by atoms with Crippen molar-refractivity contribution < 1.29 is 14.5 Å². The third-order valence-electron chi connectivity index (χ3n) is 7.16. The molecule has 3 aromatic carbocycles. The highest BCUT2D eigenvalue weighted by atomic mass is 32.1. The second-order valence-electron chi connectivity index (χ2n) is 9.54. The Kier molecular flexibility index (Phi) is 6.57. The number of non-ortho nitro benzene ring substituents is 1. The fraction of sp³-hybridized carbons (Fsp3) is 0.129. The van der Waals surface area contributed by atoms with Gasteiger partial charge in [-0.15, -0.1) is 11.3 Å². The average Bonchev–Trinajstić information content (AvgIpc) is 3.47. The third kappa shape index (κ3) is 4.60. The molecule has 40 heavy (non-hydrogen) atoms. The maximum absolute atomic E-state index is 14.1. The van der Waals surface area contributed by atoms with E-state index in [1.165, 1.54) is 23.5 Å². The molecule has 9 heteroatoms. The number of carbonyl (C=O) groups excluding carboxylic acids is 1. The molecule has 0 N–H and O–H groups in total. The molecule has 1 atom stereocenters. The molecule has 0 fully saturated rings. The van der Waals surface area contributed by atoms with Crippen LogP contribution in [0.4, 0.5) is 5.69 Å². The summed E-state index contributed by atoms with van der Waals surface area (Å²) in [5, 5.41) is 13.5. The van der Waals surface area contributed by atoms with Crippen LogP contribution in [0.25, 0.3) is 27.5 Å². The molecule has 0 aliphatic heterocycles. The molecule has 0 unspecified atom stereocenters. The molecule has 0 bridgehead atoms. The summed E-state index contributed by atoms with van der Waals surface area (Å²) in [4.78, 5) is 43.1. The number of methoxy groups -OCH3 is 1. The first kappa shape index (κ1) is 25.4. The van der Waals surface area contributed by atoms with E-state index in [9.17, 15) is 19.7 Å². The molecule has 2 aromatic heterocycles. The summed E-state index contributed by atoms with van der Waals surface area (Å²) >= 11 is 1.27. The highest BCUT2D eigenvalue weighted by Crippen LogP contribution is 2.36. The zero-order valence-corrected chi connectivity index (χ0v) is 22.3. The minimum absolute atomic E-state index is 0.0377. The van der Waals surface area contributed by atoms with Gasteiger partial charge in [0, 0.05) is 46.4 Å². The Bertz CT molecular complexity index is 1810. The number of nitrogens with zero attached hydrogens (tertiary/aromatic N) is 3. The van der Waals surface area contributed by atoms with Gasteiger partial charge in [-0.1, -0.05) is 42.5 Å². The minimum atomic E-state index is -0.455. The summed E-state index contributed by atoms with van der Waals surface area (Å²) in [6.07, 6.45) is 0.844. The molecule has 1 aliphatic carbocycles. The summed E-state index contributed by atoms with van der Waals surface area (Å²) in [5.41, 5.74) is 3.98. The number of nitro benzene ring substituents is 1. The number of pyridine rings is 1. The number of benzene rings is 3.